The van der Waals surface area contributed by atoms with Crippen LogP contribution in [0.25, 0.3) is 0 Å². The van der Waals surface area contributed by atoms with Crippen molar-refractivity contribution < 1.29 is 0 Å². The minimum atomic E-state index is -2.74. The monoisotopic (exact) mass is 871 g/mol. The number of unbranched alkanes of at least 4 members (excludes halogenated alkanes) is 18. The third kappa shape index (κ3) is 17.6. The van der Waals surface area contributed by atoms with Crippen LogP contribution in [0.15, 0.2) is 78.4 Å². The van der Waals surface area contributed by atoms with Gasteiger partial charge in [-0.2, -0.15) is 0 Å². The summed E-state index contributed by atoms with van der Waals surface area (Å²) in [5, 5.41) is 5.10. The summed E-state index contributed by atoms with van der Waals surface area (Å²) in [5.74, 6) is 0. The SMILES string of the molecule is CCCCCCc1cc(CCCCCC)cc([Si](c2cc(CCCCCC)cc(CCCCCC)c2)(c2cc(CCCCCC)cc(CCCCCC)c2)C2C=CC(CCC)=C2)c1. The van der Waals surface area contributed by atoms with Gasteiger partial charge in [0.2, 0.25) is 0 Å². The van der Waals surface area contributed by atoms with Crippen LogP contribution in [0.3, 0.4) is 0 Å². The Morgan fingerprint density at radius 1 is 0.302 bits per heavy atom. The largest absolute Gasteiger partial charge is 0.158 e. The molecule has 0 N–H and O–H groups in total. The van der Waals surface area contributed by atoms with E-state index in [9.17, 15) is 0 Å². The molecular weight excluding hydrogens is 773 g/mol. The molecule has 1 unspecified atom stereocenters. The van der Waals surface area contributed by atoms with Gasteiger partial charge < -0.3 is 0 Å². The molecule has 350 valence electrons. The molecule has 63 heavy (non-hydrogen) atoms. The molecule has 0 fully saturated rings. The number of hydrogen-bond donors (Lipinski definition) is 0. The molecular formula is C62H98Si. The quantitative estimate of drug-likeness (QED) is 0.0310. The summed E-state index contributed by atoms with van der Waals surface area (Å²) in [5.41, 5.74) is 11.6. The van der Waals surface area contributed by atoms with Gasteiger partial charge in [-0.05, 0) is 132 Å². The summed E-state index contributed by atoms with van der Waals surface area (Å²) < 4.78 is 0. The van der Waals surface area contributed by atoms with Crippen LogP contribution in [0.2, 0.25) is 5.54 Å². The average molecular weight is 872 g/mol. The topological polar surface area (TPSA) is 0 Å². The van der Waals surface area contributed by atoms with Crippen molar-refractivity contribution in [2.75, 3.05) is 0 Å². The number of benzene rings is 3. The van der Waals surface area contributed by atoms with Crippen LogP contribution in [0.5, 0.6) is 0 Å². The molecule has 0 heterocycles. The van der Waals surface area contributed by atoms with Gasteiger partial charge in [0.25, 0.3) is 0 Å². The Kier molecular flexibility index (Phi) is 26.3. The van der Waals surface area contributed by atoms with E-state index in [0.29, 0.717) is 5.54 Å². The molecule has 1 aliphatic rings. The highest BCUT2D eigenvalue weighted by molar-refractivity contribution is 7.13. The summed E-state index contributed by atoms with van der Waals surface area (Å²) >= 11 is 0. The van der Waals surface area contributed by atoms with Gasteiger partial charge in [0.05, 0.1) is 0 Å². The van der Waals surface area contributed by atoms with Crippen LogP contribution in [-0.4, -0.2) is 8.07 Å². The van der Waals surface area contributed by atoms with Crippen LogP contribution >= 0.6 is 0 Å². The molecule has 0 saturated heterocycles. The smallest absolute Gasteiger partial charge is 0.0790 e. The summed E-state index contributed by atoms with van der Waals surface area (Å²) in [6, 6.07) is 24.8. The molecule has 0 saturated carbocycles. The Labute approximate surface area is 393 Å². The van der Waals surface area contributed by atoms with Crippen molar-refractivity contribution in [3.8, 4) is 0 Å². The molecule has 0 spiro atoms. The molecule has 0 radical (unpaired) electrons. The minimum Gasteiger partial charge on any atom is -0.0790 e. The van der Waals surface area contributed by atoms with Gasteiger partial charge in [0, 0.05) is 5.54 Å². The van der Waals surface area contributed by atoms with E-state index in [1.54, 1.807) is 54.5 Å². The fourth-order valence-corrected chi connectivity index (χ4v) is 16.2. The predicted molar refractivity (Wildman–Crippen MR) is 287 cm³/mol. The normalized spacial score (nSPS) is 14.0. The van der Waals surface area contributed by atoms with E-state index in [1.807, 2.05) is 0 Å². The number of hydrogen-bond acceptors (Lipinski definition) is 0. The van der Waals surface area contributed by atoms with E-state index in [1.165, 1.54) is 205 Å². The molecule has 0 nitrogen and oxygen atoms in total. The van der Waals surface area contributed by atoms with E-state index in [2.05, 4.69) is 121 Å². The molecule has 3 aromatic rings. The first kappa shape index (κ1) is 53.0. The van der Waals surface area contributed by atoms with Gasteiger partial charge in [-0.15, -0.1) is 0 Å². The lowest BCUT2D eigenvalue weighted by atomic mass is 10.00. The molecule has 1 aliphatic carbocycles. The van der Waals surface area contributed by atoms with Gasteiger partial charge in [-0.1, -0.05) is 249 Å². The maximum Gasteiger partial charge on any atom is 0.158 e. The van der Waals surface area contributed by atoms with Crippen LogP contribution in [0.1, 0.15) is 249 Å². The second-order valence-electron chi connectivity index (χ2n) is 20.2. The number of allylic oxidation sites excluding steroid dienone is 4. The molecule has 0 aromatic heterocycles. The van der Waals surface area contributed by atoms with Crippen molar-refractivity contribution in [1.82, 2.24) is 0 Å². The van der Waals surface area contributed by atoms with E-state index in [-0.39, 0.29) is 0 Å². The third-order valence-corrected chi connectivity index (χ3v) is 19.3. The first-order chi connectivity index (χ1) is 30.9. The van der Waals surface area contributed by atoms with E-state index in [4.69, 9.17) is 0 Å². The van der Waals surface area contributed by atoms with Gasteiger partial charge in [0.1, 0.15) is 0 Å². The zero-order chi connectivity index (χ0) is 45.0. The fourth-order valence-electron chi connectivity index (χ4n) is 10.7. The van der Waals surface area contributed by atoms with Crippen molar-refractivity contribution in [2.24, 2.45) is 0 Å². The van der Waals surface area contributed by atoms with Crippen molar-refractivity contribution in [3.63, 3.8) is 0 Å². The van der Waals surface area contributed by atoms with Crippen LogP contribution in [-0.2, 0) is 38.5 Å². The Balaban J connectivity index is 2.12. The maximum atomic E-state index is 2.80. The Morgan fingerprint density at radius 2 is 0.571 bits per heavy atom. The molecule has 4 rings (SSSR count). The predicted octanol–water partition coefficient (Wildman–Crippen LogP) is 17.6. The average Bonchev–Trinajstić information content (AvgIpc) is 3.76. The van der Waals surface area contributed by atoms with Gasteiger partial charge in [0.15, 0.2) is 8.07 Å². The molecule has 1 heteroatoms. The van der Waals surface area contributed by atoms with Crippen LogP contribution in [0.4, 0.5) is 0 Å². The van der Waals surface area contributed by atoms with E-state index >= 15 is 0 Å². The standard InChI is InChI=1S/C62H98Si/c1-8-15-21-27-34-53-42-54(35-28-22-16-9-2)47-60(46-53)63(59-41-40-52(45-59)33-14-7,61-48-55(36-29-23-17-10-3)43-56(49-61)37-30-24-18-11-4)62-50-57(38-31-25-19-12-5)44-58(51-62)39-32-26-20-13-6/h40-51,59H,8-39H2,1-7H3. The highest BCUT2D eigenvalue weighted by atomic mass is 28.3. The molecule has 0 bridgehead atoms. The Morgan fingerprint density at radius 3 is 0.810 bits per heavy atom. The van der Waals surface area contributed by atoms with Crippen molar-refractivity contribution >= 4 is 23.6 Å². The maximum absolute atomic E-state index is 2.80. The van der Waals surface area contributed by atoms with Crippen LogP contribution < -0.4 is 15.6 Å². The van der Waals surface area contributed by atoms with E-state index < -0.39 is 8.07 Å². The Hall–Kier alpha value is -2.64. The first-order valence-corrected chi connectivity index (χ1v) is 29.8. The zero-order valence-electron chi connectivity index (χ0n) is 42.6. The van der Waals surface area contributed by atoms with Crippen LogP contribution in [0, 0.1) is 0 Å². The number of aryl methyl sites for hydroxylation is 6. The highest BCUT2D eigenvalue weighted by Crippen LogP contribution is 2.35. The first-order valence-electron chi connectivity index (χ1n) is 27.7. The van der Waals surface area contributed by atoms with Gasteiger partial charge in [-0.25, -0.2) is 0 Å². The lowest BCUT2D eigenvalue weighted by Gasteiger charge is -2.39. The van der Waals surface area contributed by atoms with E-state index in [0.717, 1.165) is 0 Å². The van der Waals surface area contributed by atoms with Gasteiger partial charge >= 0.3 is 0 Å². The summed E-state index contributed by atoms with van der Waals surface area (Å²) in [4.78, 5) is 0. The second-order valence-corrected chi connectivity index (χ2v) is 24.2. The minimum absolute atomic E-state index is 0.397. The summed E-state index contributed by atoms with van der Waals surface area (Å²) in [7, 11) is -2.74. The second kappa shape index (κ2) is 31.3. The summed E-state index contributed by atoms with van der Waals surface area (Å²) in [6.07, 6.45) is 49.4. The van der Waals surface area contributed by atoms with Crippen molar-refractivity contribution in [1.29, 1.82) is 0 Å². The number of rotatable bonds is 36. The zero-order valence-corrected chi connectivity index (χ0v) is 43.6. The summed E-state index contributed by atoms with van der Waals surface area (Å²) in [6.45, 7) is 16.5. The van der Waals surface area contributed by atoms with Crippen molar-refractivity contribution in [3.05, 3.63) is 112 Å². The van der Waals surface area contributed by atoms with Gasteiger partial charge in [-0.3, -0.25) is 0 Å². The molecule has 0 aliphatic heterocycles. The lowest BCUT2D eigenvalue weighted by Crippen LogP contribution is -2.69. The Bertz CT molecular complexity index is 1470. The van der Waals surface area contributed by atoms with Crippen molar-refractivity contribution in [2.45, 2.75) is 259 Å². The highest BCUT2D eigenvalue weighted by Gasteiger charge is 2.46. The molecule has 1 atom stereocenters. The lowest BCUT2D eigenvalue weighted by molar-refractivity contribution is 0.661. The molecule has 3 aromatic carbocycles. The molecule has 0 amide bonds. The third-order valence-electron chi connectivity index (χ3n) is 14.4. The fraction of sp³-hybridized carbons (Fsp3) is 0.645.